The molecule has 0 N–H and O–H groups in total. The summed E-state index contributed by atoms with van der Waals surface area (Å²) in [7, 11) is 1.89. The van der Waals surface area contributed by atoms with Gasteiger partial charge in [0.25, 0.3) is 5.91 Å². The Morgan fingerprint density at radius 3 is 2.60 bits per heavy atom. The van der Waals surface area contributed by atoms with Crippen LogP contribution >= 0.6 is 0 Å². The molecule has 2 aromatic rings. The Kier molecular flexibility index (Phi) is 4.15. The summed E-state index contributed by atoms with van der Waals surface area (Å²) in [5.74, 6) is 0.943. The highest BCUT2D eigenvalue weighted by Crippen LogP contribution is 2.32. The molecule has 0 aliphatic carbocycles. The zero-order valence-corrected chi connectivity index (χ0v) is 15.3. The van der Waals surface area contributed by atoms with Crippen LogP contribution in [-0.2, 0) is 7.05 Å². The molecule has 1 amide bonds. The van der Waals surface area contributed by atoms with Crippen molar-refractivity contribution in [1.29, 1.82) is 0 Å². The molecule has 25 heavy (non-hydrogen) atoms. The van der Waals surface area contributed by atoms with Crippen LogP contribution in [0.4, 0.5) is 0 Å². The van der Waals surface area contributed by atoms with Crippen molar-refractivity contribution in [3.8, 4) is 5.82 Å². The smallest absolute Gasteiger partial charge is 0.259 e. The van der Waals surface area contributed by atoms with E-state index in [0.29, 0.717) is 23.7 Å². The number of fused-ring (bicyclic) bond motifs is 2. The Labute approximate surface area is 149 Å². The third-order valence-electron chi connectivity index (χ3n) is 5.71. The molecule has 0 unspecified atom stereocenters. The third kappa shape index (κ3) is 2.78. The molecule has 2 saturated heterocycles. The molecule has 6 nitrogen and oxygen atoms in total. The topological polar surface area (TPSA) is 46.3 Å². The lowest BCUT2D eigenvalue weighted by atomic mass is 10.1. The van der Waals surface area contributed by atoms with Crippen molar-refractivity contribution >= 4 is 5.91 Å². The van der Waals surface area contributed by atoms with E-state index in [1.165, 1.54) is 12.8 Å². The maximum Gasteiger partial charge on any atom is 0.259 e. The SMILES string of the molecule is CC(C)N1[C@H]2CC[C@H]1CN(C(=O)c1cnn(C)c1-n1cccc1)CC2. The van der Waals surface area contributed by atoms with Crippen LogP contribution in [0.15, 0.2) is 30.7 Å². The van der Waals surface area contributed by atoms with Gasteiger partial charge in [0.05, 0.1) is 6.20 Å². The second-order valence-electron chi connectivity index (χ2n) is 7.56. The lowest BCUT2D eigenvalue weighted by Crippen LogP contribution is -2.44. The predicted molar refractivity (Wildman–Crippen MR) is 96.8 cm³/mol. The standard InChI is InChI=1S/C19H27N5O/c1-14(2)24-15-6-7-16(24)13-23(11-8-15)19(25)17-12-20-21(3)18(17)22-9-4-5-10-22/h4-5,9-10,12,14-16H,6-8,11,13H2,1-3H3/t15-,16-/m0/s1. The van der Waals surface area contributed by atoms with Gasteiger partial charge < -0.3 is 9.47 Å². The highest BCUT2D eigenvalue weighted by Gasteiger charge is 2.40. The van der Waals surface area contributed by atoms with Crippen molar-refractivity contribution in [3.63, 3.8) is 0 Å². The maximum absolute atomic E-state index is 13.3. The number of carbonyl (C=O) groups excluding carboxylic acids is 1. The van der Waals surface area contributed by atoms with Gasteiger partial charge in [0.1, 0.15) is 11.4 Å². The average molecular weight is 341 g/mol. The fraction of sp³-hybridized carbons (Fsp3) is 0.579. The van der Waals surface area contributed by atoms with Gasteiger partial charge in [0, 0.05) is 50.7 Å². The minimum absolute atomic E-state index is 0.105. The van der Waals surface area contributed by atoms with Gasteiger partial charge >= 0.3 is 0 Å². The molecule has 134 valence electrons. The Hall–Kier alpha value is -2.08. The number of amides is 1. The first-order valence-corrected chi connectivity index (χ1v) is 9.28. The summed E-state index contributed by atoms with van der Waals surface area (Å²) >= 11 is 0. The van der Waals surface area contributed by atoms with E-state index in [2.05, 4.69) is 23.8 Å². The van der Waals surface area contributed by atoms with Gasteiger partial charge in [0.2, 0.25) is 0 Å². The Balaban J connectivity index is 1.61. The molecule has 4 heterocycles. The van der Waals surface area contributed by atoms with Gasteiger partial charge in [0.15, 0.2) is 0 Å². The van der Waals surface area contributed by atoms with Gasteiger partial charge in [-0.15, -0.1) is 0 Å². The van der Waals surface area contributed by atoms with E-state index in [1.807, 2.05) is 41.0 Å². The Bertz CT molecular complexity index is 748. The zero-order valence-electron chi connectivity index (χ0n) is 15.3. The number of hydrogen-bond acceptors (Lipinski definition) is 3. The van der Waals surface area contributed by atoms with E-state index < -0.39 is 0 Å². The minimum Gasteiger partial charge on any atom is -0.337 e. The number of rotatable bonds is 3. The summed E-state index contributed by atoms with van der Waals surface area (Å²) in [4.78, 5) is 17.9. The number of aromatic nitrogens is 3. The summed E-state index contributed by atoms with van der Waals surface area (Å²) in [6.07, 6.45) is 9.16. The largest absolute Gasteiger partial charge is 0.337 e. The lowest BCUT2D eigenvalue weighted by molar-refractivity contribution is 0.0728. The first kappa shape index (κ1) is 16.4. The first-order chi connectivity index (χ1) is 12.1. The van der Waals surface area contributed by atoms with Crippen LogP contribution in [0.2, 0.25) is 0 Å². The van der Waals surface area contributed by atoms with Crippen molar-refractivity contribution in [2.75, 3.05) is 13.1 Å². The summed E-state index contributed by atoms with van der Waals surface area (Å²) in [5.41, 5.74) is 0.688. The number of hydrogen-bond donors (Lipinski definition) is 0. The van der Waals surface area contributed by atoms with Crippen molar-refractivity contribution in [1.82, 2.24) is 24.1 Å². The predicted octanol–water partition coefficient (Wildman–Crippen LogP) is 2.30. The van der Waals surface area contributed by atoms with E-state index in [1.54, 1.807) is 10.9 Å². The molecule has 6 heteroatoms. The molecule has 2 aromatic heterocycles. The van der Waals surface area contributed by atoms with Crippen molar-refractivity contribution in [2.45, 2.75) is 51.2 Å². The van der Waals surface area contributed by atoms with Crippen LogP contribution in [0.5, 0.6) is 0 Å². The summed E-state index contributed by atoms with van der Waals surface area (Å²) in [6, 6.07) is 5.59. The highest BCUT2D eigenvalue weighted by molar-refractivity contribution is 5.97. The van der Waals surface area contributed by atoms with Crippen LogP contribution in [0, 0.1) is 0 Å². The third-order valence-corrected chi connectivity index (χ3v) is 5.71. The fourth-order valence-electron chi connectivity index (χ4n) is 4.67. The summed E-state index contributed by atoms with van der Waals surface area (Å²) in [5, 5.41) is 4.34. The van der Waals surface area contributed by atoms with Gasteiger partial charge in [-0.2, -0.15) is 5.10 Å². The molecule has 4 rings (SSSR count). The quantitative estimate of drug-likeness (QED) is 0.861. The van der Waals surface area contributed by atoms with Crippen LogP contribution in [0.25, 0.3) is 5.82 Å². The maximum atomic E-state index is 13.3. The van der Waals surface area contributed by atoms with Crippen LogP contribution < -0.4 is 0 Å². The molecule has 0 radical (unpaired) electrons. The molecule has 0 spiro atoms. The Morgan fingerprint density at radius 1 is 1.16 bits per heavy atom. The van der Waals surface area contributed by atoms with E-state index in [4.69, 9.17) is 0 Å². The van der Waals surface area contributed by atoms with E-state index in [-0.39, 0.29) is 5.91 Å². The van der Waals surface area contributed by atoms with Crippen LogP contribution in [-0.4, -0.2) is 61.3 Å². The second-order valence-corrected chi connectivity index (χ2v) is 7.56. The molecule has 2 aliphatic rings. The number of carbonyl (C=O) groups is 1. The fourth-order valence-corrected chi connectivity index (χ4v) is 4.67. The molecule has 2 fully saturated rings. The molecule has 2 bridgehead atoms. The molecule has 0 saturated carbocycles. The zero-order chi connectivity index (χ0) is 17.6. The van der Waals surface area contributed by atoms with Crippen LogP contribution in [0.3, 0.4) is 0 Å². The molecule has 2 atom stereocenters. The van der Waals surface area contributed by atoms with E-state index in [9.17, 15) is 4.79 Å². The van der Waals surface area contributed by atoms with Crippen molar-refractivity contribution in [2.24, 2.45) is 7.05 Å². The number of likely N-dealkylation sites (tertiary alicyclic amines) is 1. The molecule has 2 aliphatic heterocycles. The van der Waals surface area contributed by atoms with E-state index in [0.717, 1.165) is 25.3 Å². The van der Waals surface area contributed by atoms with Gasteiger partial charge in [-0.1, -0.05) is 0 Å². The normalized spacial score (nSPS) is 24.1. The number of aryl methyl sites for hydroxylation is 1. The van der Waals surface area contributed by atoms with Crippen molar-refractivity contribution < 1.29 is 4.79 Å². The average Bonchev–Trinajstić information content (AvgIpc) is 3.25. The van der Waals surface area contributed by atoms with Gasteiger partial charge in [-0.25, -0.2) is 0 Å². The van der Waals surface area contributed by atoms with E-state index >= 15 is 0 Å². The molecule has 0 aromatic carbocycles. The minimum atomic E-state index is 0.105. The first-order valence-electron chi connectivity index (χ1n) is 9.28. The van der Waals surface area contributed by atoms with Gasteiger partial charge in [-0.05, 0) is 45.2 Å². The van der Waals surface area contributed by atoms with Crippen LogP contribution in [0.1, 0.15) is 43.5 Å². The molecular formula is C19H27N5O. The highest BCUT2D eigenvalue weighted by atomic mass is 16.2. The molecular weight excluding hydrogens is 314 g/mol. The van der Waals surface area contributed by atoms with Gasteiger partial charge in [-0.3, -0.25) is 14.4 Å². The number of nitrogens with zero attached hydrogens (tertiary/aromatic N) is 5. The van der Waals surface area contributed by atoms with Crippen molar-refractivity contribution in [3.05, 3.63) is 36.3 Å². The monoisotopic (exact) mass is 341 g/mol. The lowest BCUT2D eigenvalue weighted by Gasteiger charge is -2.32. The Morgan fingerprint density at radius 2 is 1.88 bits per heavy atom. The summed E-state index contributed by atoms with van der Waals surface area (Å²) < 4.78 is 3.74. The summed E-state index contributed by atoms with van der Waals surface area (Å²) in [6.45, 7) is 6.21. The second kappa shape index (κ2) is 6.33.